The zero-order valence-electron chi connectivity index (χ0n) is 9.69. The molecule has 0 aliphatic heterocycles. The Morgan fingerprint density at radius 3 is 2.69 bits per heavy atom. The second-order valence-electron chi connectivity index (χ2n) is 3.74. The maximum absolute atomic E-state index is 11.3. The van der Waals surface area contributed by atoms with Gasteiger partial charge in [0.05, 0.1) is 5.56 Å². The van der Waals surface area contributed by atoms with Gasteiger partial charge in [-0.25, -0.2) is 0 Å². The zero-order chi connectivity index (χ0) is 12.1. The van der Waals surface area contributed by atoms with Crippen molar-refractivity contribution in [3.63, 3.8) is 0 Å². The van der Waals surface area contributed by atoms with Crippen molar-refractivity contribution >= 4 is 12.2 Å². The van der Waals surface area contributed by atoms with Crippen LogP contribution in [-0.4, -0.2) is 37.8 Å². The van der Waals surface area contributed by atoms with Crippen molar-refractivity contribution in [2.75, 3.05) is 20.7 Å². The summed E-state index contributed by atoms with van der Waals surface area (Å²) in [6.45, 7) is 1.83. The lowest BCUT2D eigenvalue weighted by atomic mass is 10.1. The first kappa shape index (κ1) is 12.2. The minimum atomic E-state index is -0.141. The van der Waals surface area contributed by atoms with E-state index in [-0.39, 0.29) is 12.5 Å². The van der Waals surface area contributed by atoms with Gasteiger partial charge < -0.3 is 9.64 Å². The molecule has 1 amide bonds. The van der Waals surface area contributed by atoms with Crippen LogP contribution < -0.4 is 4.74 Å². The van der Waals surface area contributed by atoms with Gasteiger partial charge in [0.2, 0.25) is 0 Å². The zero-order valence-corrected chi connectivity index (χ0v) is 9.69. The number of aryl methyl sites for hydroxylation is 1. The van der Waals surface area contributed by atoms with E-state index in [1.165, 1.54) is 4.90 Å². The third-order valence-corrected chi connectivity index (χ3v) is 2.14. The number of aldehydes is 1. The van der Waals surface area contributed by atoms with Crippen molar-refractivity contribution in [2.24, 2.45) is 0 Å². The molecule has 0 saturated heterocycles. The Bertz CT molecular complexity index is 399. The van der Waals surface area contributed by atoms with Crippen LogP contribution in [0.5, 0.6) is 5.75 Å². The van der Waals surface area contributed by atoms with Gasteiger partial charge in [0.25, 0.3) is 5.91 Å². The fraction of sp³-hybridized carbons (Fsp3) is 0.333. The van der Waals surface area contributed by atoms with Crippen LogP contribution in [0.1, 0.15) is 15.9 Å². The Hall–Kier alpha value is -1.84. The van der Waals surface area contributed by atoms with Crippen LogP contribution in [0.25, 0.3) is 0 Å². The number of hydrogen-bond acceptors (Lipinski definition) is 3. The number of rotatable bonds is 4. The molecule has 0 saturated carbocycles. The molecule has 0 spiro atoms. The van der Waals surface area contributed by atoms with Crippen LogP contribution >= 0.6 is 0 Å². The fourth-order valence-electron chi connectivity index (χ4n) is 1.16. The Kier molecular flexibility index (Phi) is 4.05. The summed E-state index contributed by atoms with van der Waals surface area (Å²) in [4.78, 5) is 23.5. The molecule has 0 aliphatic carbocycles. The van der Waals surface area contributed by atoms with Crippen molar-refractivity contribution in [3.05, 3.63) is 29.3 Å². The fourth-order valence-corrected chi connectivity index (χ4v) is 1.16. The monoisotopic (exact) mass is 221 g/mol. The van der Waals surface area contributed by atoms with Gasteiger partial charge in [0.1, 0.15) is 5.75 Å². The molecule has 0 fully saturated rings. The van der Waals surface area contributed by atoms with Gasteiger partial charge in [0.15, 0.2) is 12.9 Å². The predicted octanol–water partition coefficient (Wildman–Crippen LogP) is 1.27. The molecule has 0 N–H and O–H groups in total. The lowest BCUT2D eigenvalue weighted by Crippen LogP contribution is -2.27. The highest BCUT2D eigenvalue weighted by Gasteiger charge is 2.07. The van der Waals surface area contributed by atoms with E-state index >= 15 is 0 Å². The van der Waals surface area contributed by atoms with Gasteiger partial charge >= 0.3 is 0 Å². The molecular weight excluding hydrogens is 206 g/mol. The van der Waals surface area contributed by atoms with Gasteiger partial charge in [-0.2, -0.15) is 0 Å². The lowest BCUT2D eigenvalue weighted by molar-refractivity contribution is -0.130. The van der Waals surface area contributed by atoms with Crippen LogP contribution in [-0.2, 0) is 4.79 Å². The summed E-state index contributed by atoms with van der Waals surface area (Å²) in [6.07, 6.45) is 0.725. The first-order valence-corrected chi connectivity index (χ1v) is 4.93. The average Bonchev–Trinajstić information content (AvgIpc) is 2.26. The molecule has 4 nitrogen and oxygen atoms in total. The highest BCUT2D eigenvalue weighted by molar-refractivity contribution is 5.81. The third-order valence-electron chi connectivity index (χ3n) is 2.14. The molecule has 1 aromatic carbocycles. The van der Waals surface area contributed by atoms with Crippen molar-refractivity contribution in [3.8, 4) is 5.75 Å². The third kappa shape index (κ3) is 3.08. The number of hydrogen-bond donors (Lipinski definition) is 0. The van der Waals surface area contributed by atoms with E-state index < -0.39 is 0 Å². The largest absolute Gasteiger partial charge is 0.483 e. The van der Waals surface area contributed by atoms with E-state index in [0.717, 1.165) is 11.8 Å². The van der Waals surface area contributed by atoms with Crippen LogP contribution in [0.3, 0.4) is 0 Å². The second kappa shape index (κ2) is 5.30. The van der Waals surface area contributed by atoms with Crippen LogP contribution in [0, 0.1) is 6.92 Å². The van der Waals surface area contributed by atoms with Crippen molar-refractivity contribution in [1.82, 2.24) is 4.90 Å². The van der Waals surface area contributed by atoms with E-state index in [4.69, 9.17) is 4.74 Å². The highest BCUT2D eigenvalue weighted by atomic mass is 16.5. The lowest BCUT2D eigenvalue weighted by Gasteiger charge is -2.12. The number of ether oxygens (including phenoxy) is 1. The van der Waals surface area contributed by atoms with Gasteiger partial charge in [0, 0.05) is 14.1 Å². The summed E-state index contributed by atoms with van der Waals surface area (Å²) in [5, 5.41) is 0. The Balaban J connectivity index is 2.74. The maximum Gasteiger partial charge on any atom is 0.259 e. The Morgan fingerprint density at radius 2 is 2.12 bits per heavy atom. The first-order chi connectivity index (χ1) is 7.54. The normalized spacial score (nSPS) is 9.69. The molecule has 0 unspecified atom stereocenters. The molecular formula is C12H15NO3. The van der Waals surface area contributed by atoms with Gasteiger partial charge in [-0.05, 0) is 19.1 Å². The summed E-state index contributed by atoms with van der Waals surface area (Å²) in [6, 6.07) is 5.26. The number of benzene rings is 1. The van der Waals surface area contributed by atoms with Gasteiger partial charge in [-0.1, -0.05) is 11.6 Å². The van der Waals surface area contributed by atoms with Crippen molar-refractivity contribution in [2.45, 2.75) is 6.92 Å². The molecule has 4 heteroatoms. The van der Waals surface area contributed by atoms with Crippen LogP contribution in [0.2, 0.25) is 0 Å². The smallest absolute Gasteiger partial charge is 0.259 e. The first-order valence-electron chi connectivity index (χ1n) is 4.93. The van der Waals surface area contributed by atoms with E-state index in [9.17, 15) is 9.59 Å². The molecule has 0 heterocycles. The number of nitrogens with zero attached hydrogens (tertiary/aromatic N) is 1. The maximum atomic E-state index is 11.3. The summed E-state index contributed by atoms with van der Waals surface area (Å²) < 4.78 is 5.28. The molecule has 86 valence electrons. The summed E-state index contributed by atoms with van der Waals surface area (Å²) in [7, 11) is 3.31. The minimum absolute atomic E-state index is 0.0586. The number of amides is 1. The highest BCUT2D eigenvalue weighted by Crippen LogP contribution is 2.17. The average molecular weight is 221 g/mol. The topological polar surface area (TPSA) is 46.6 Å². The molecule has 1 rings (SSSR count). The number of likely N-dealkylation sites (N-methyl/N-ethyl adjacent to an activating group) is 1. The van der Waals surface area contributed by atoms with E-state index in [0.29, 0.717) is 11.3 Å². The van der Waals surface area contributed by atoms with Crippen LogP contribution in [0.4, 0.5) is 0 Å². The summed E-state index contributed by atoms with van der Waals surface area (Å²) >= 11 is 0. The predicted molar refractivity (Wildman–Crippen MR) is 60.8 cm³/mol. The van der Waals surface area contributed by atoms with Crippen molar-refractivity contribution < 1.29 is 14.3 Å². The molecule has 0 bridgehead atoms. The SMILES string of the molecule is Cc1ccc(OCC(=O)N(C)C)c(C=O)c1. The number of carbonyl (C=O) groups excluding carboxylic acids is 2. The minimum Gasteiger partial charge on any atom is -0.483 e. The van der Waals surface area contributed by atoms with E-state index in [2.05, 4.69) is 0 Å². The van der Waals surface area contributed by atoms with Gasteiger partial charge in [-0.15, -0.1) is 0 Å². The molecule has 0 aromatic heterocycles. The van der Waals surface area contributed by atoms with Crippen molar-refractivity contribution in [1.29, 1.82) is 0 Å². The molecule has 0 aliphatic rings. The quantitative estimate of drug-likeness (QED) is 0.719. The Morgan fingerprint density at radius 1 is 1.44 bits per heavy atom. The van der Waals surface area contributed by atoms with Gasteiger partial charge in [-0.3, -0.25) is 9.59 Å². The second-order valence-corrected chi connectivity index (χ2v) is 3.74. The van der Waals surface area contributed by atoms with E-state index in [1.54, 1.807) is 26.2 Å². The van der Waals surface area contributed by atoms with Crippen LogP contribution in [0.15, 0.2) is 18.2 Å². The summed E-state index contributed by atoms with van der Waals surface area (Å²) in [5.74, 6) is 0.299. The number of carbonyl (C=O) groups is 2. The summed E-state index contributed by atoms with van der Waals surface area (Å²) in [5.41, 5.74) is 1.44. The molecule has 1 aromatic rings. The molecule has 16 heavy (non-hydrogen) atoms. The molecule has 0 atom stereocenters. The van der Waals surface area contributed by atoms with E-state index in [1.807, 2.05) is 13.0 Å². The molecule has 0 radical (unpaired) electrons. The standard InChI is InChI=1S/C12H15NO3/c1-9-4-5-11(10(6-9)7-14)16-8-12(15)13(2)3/h4-7H,8H2,1-3H3. The Labute approximate surface area is 94.8 Å².